The molecule has 10 heteroatoms. The van der Waals surface area contributed by atoms with E-state index in [1.807, 2.05) is 13.0 Å². The van der Waals surface area contributed by atoms with Crippen LogP contribution in [0.3, 0.4) is 0 Å². The SMILES string of the molecule is Cc1cc(N2CCN(C)CC2)nc(N2CCN(S(=O)(=O)c3cc(Cl)ccc3C)CC2)n1. The number of likely N-dealkylation sites (N-methyl/N-ethyl adjacent to an activating group) is 1. The van der Waals surface area contributed by atoms with Crippen molar-refractivity contribution in [3.05, 3.63) is 40.5 Å². The Bertz CT molecular complexity index is 1050. The number of sulfonamides is 1. The van der Waals surface area contributed by atoms with Crippen LogP contribution in [0, 0.1) is 13.8 Å². The van der Waals surface area contributed by atoms with E-state index in [1.54, 1.807) is 19.1 Å². The first-order valence-electron chi connectivity index (χ1n) is 10.5. The number of aryl methyl sites for hydroxylation is 2. The summed E-state index contributed by atoms with van der Waals surface area (Å²) >= 11 is 6.05. The molecule has 31 heavy (non-hydrogen) atoms. The van der Waals surface area contributed by atoms with Crippen LogP contribution >= 0.6 is 11.6 Å². The molecule has 1 aromatic carbocycles. The number of nitrogens with zero attached hydrogens (tertiary/aromatic N) is 6. The van der Waals surface area contributed by atoms with E-state index < -0.39 is 10.0 Å². The monoisotopic (exact) mass is 464 g/mol. The molecule has 0 radical (unpaired) electrons. The minimum Gasteiger partial charge on any atom is -0.354 e. The second-order valence-corrected chi connectivity index (χ2v) is 10.6. The van der Waals surface area contributed by atoms with E-state index in [9.17, 15) is 8.42 Å². The zero-order chi connectivity index (χ0) is 22.2. The van der Waals surface area contributed by atoms with Crippen LogP contribution in [0.2, 0.25) is 5.02 Å². The molecule has 0 atom stereocenters. The highest BCUT2D eigenvalue weighted by Gasteiger charge is 2.31. The first-order chi connectivity index (χ1) is 14.7. The van der Waals surface area contributed by atoms with Crippen LogP contribution in [0.5, 0.6) is 0 Å². The van der Waals surface area contributed by atoms with E-state index in [-0.39, 0.29) is 4.90 Å². The summed E-state index contributed by atoms with van der Waals surface area (Å²) in [6.45, 7) is 9.54. The fourth-order valence-corrected chi connectivity index (χ4v) is 5.90. The second kappa shape index (κ2) is 8.90. The maximum absolute atomic E-state index is 13.2. The van der Waals surface area contributed by atoms with Gasteiger partial charge in [-0.15, -0.1) is 0 Å². The Kier molecular flexibility index (Phi) is 6.39. The van der Waals surface area contributed by atoms with Crippen molar-refractivity contribution in [2.45, 2.75) is 18.7 Å². The second-order valence-electron chi connectivity index (χ2n) is 8.26. The molecule has 2 fully saturated rings. The van der Waals surface area contributed by atoms with E-state index in [4.69, 9.17) is 16.6 Å². The standard InChI is InChI=1S/C21H29ClN6O2S/c1-16-4-5-18(22)15-19(16)31(29,30)28-12-10-27(11-13-28)21-23-17(2)14-20(24-21)26-8-6-25(3)7-9-26/h4-5,14-15H,6-13H2,1-3H3. The maximum Gasteiger partial charge on any atom is 0.243 e. The molecule has 2 aliphatic heterocycles. The molecular weight excluding hydrogens is 436 g/mol. The lowest BCUT2D eigenvalue weighted by Gasteiger charge is -2.36. The lowest BCUT2D eigenvalue weighted by atomic mass is 10.2. The molecule has 0 amide bonds. The number of rotatable bonds is 4. The van der Waals surface area contributed by atoms with E-state index >= 15 is 0 Å². The summed E-state index contributed by atoms with van der Waals surface area (Å²) in [5.74, 6) is 1.62. The Morgan fingerprint density at radius 2 is 1.52 bits per heavy atom. The summed E-state index contributed by atoms with van der Waals surface area (Å²) in [7, 11) is -1.46. The summed E-state index contributed by atoms with van der Waals surface area (Å²) in [6, 6.07) is 7.01. The highest BCUT2D eigenvalue weighted by atomic mass is 35.5. The summed E-state index contributed by atoms with van der Waals surface area (Å²) in [6.07, 6.45) is 0. The van der Waals surface area contributed by atoms with Gasteiger partial charge in [-0.25, -0.2) is 13.4 Å². The fraction of sp³-hybridized carbons (Fsp3) is 0.524. The van der Waals surface area contributed by atoms with Gasteiger partial charge in [0.05, 0.1) is 4.90 Å². The van der Waals surface area contributed by atoms with Crippen LogP contribution in [0.15, 0.2) is 29.2 Å². The summed E-state index contributed by atoms with van der Waals surface area (Å²) < 4.78 is 27.8. The Labute approximate surface area is 189 Å². The molecule has 0 unspecified atom stereocenters. The minimum absolute atomic E-state index is 0.276. The van der Waals surface area contributed by atoms with Crippen molar-refractivity contribution in [1.29, 1.82) is 0 Å². The quantitative estimate of drug-likeness (QED) is 0.685. The first-order valence-corrected chi connectivity index (χ1v) is 12.4. The molecule has 2 saturated heterocycles. The van der Waals surface area contributed by atoms with E-state index in [0.29, 0.717) is 42.7 Å². The van der Waals surface area contributed by atoms with Crippen molar-refractivity contribution in [2.24, 2.45) is 0 Å². The Balaban J connectivity index is 1.48. The predicted molar refractivity (Wildman–Crippen MR) is 124 cm³/mol. The van der Waals surface area contributed by atoms with Gasteiger partial charge in [-0.05, 0) is 38.6 Å². The molecule has 8 nitrogen and oxygen atoms in total. The lowest BCUT2D eigenvalue weighted by molar-refractivity contribution is 0.312. The lowest BCUT2D eigenvalue weighted by Crippen LogP contribution is -2.49. The highest BCUT2D eigenvalue weighted by molar-refractivity contribution is 7.89. The van der Waals surface area contributed by atoms with E-state index in [0.717, 1.165) is 37.7 Å². The van der Waals surface area contributed by atoms with Crippen molar-refractivity contribution >= 4 is 33.4 Å². The summed E-state index contributed by atoms with van der Waals surface area (Å²) in [4.78, 5) is 16.4. The molecule has 0 saturated carbocycles. The molecule has 2 aromatic rings. The van der Waals surface area contributed by atoms with Gasteiger partial charge >= 0.3 is 0 Å². The zero-order valence-corrected chi connectivity index (χ0v) is 19.8. The van der Waals surface area contributed by atoms with Crippen molar-refractivity contribution in [2.75, 3.05) is 69.2 Å². The van der Waals surface area contributed by atoms with Crippen molar-refractivity contribution in [3.8, 4) is 0 Å². The number of hydrogen-bond acceptors (Lipinski definition) is 7. The Morgan fingerprint density at radius 1 is 0.871 bits per heavy atom. The average molecular weight is 465 g/mol. The van der Waals surface area contributed by atoms with Gasteiger partial charge in [-0.1, -0.05) is 17.7 Å². The summed E-state index contributed by atoms with van der Waals surface area (Å²) in [5, 5.41) is 0.424. The molecular formula is C21H29ClN6O2S. The van der Waals surface area contributed by atoms with Gasteiger partial charge < -0.3 is 14.7 Å². The molecule has 1 aromatic heterocycles. The largest absolute Gasteiger partial charge is 0.354 e. The molecule has 0 N–H and O–H groups in total. The predicted octanol–water partition coefficient (Wildman–Crippen LogP) is 2.01. The molecule has 0 bridgehead atoms. The Morgan fingerprint density at radius 3 is 2.19 bits per heavy atom. The number of halogens is 1. The normalized spacial score (nSPS) is 19.1. The third kappa shape index (κ3) is 4.79. The van der Waals surface area contributed by atoms with Gasteiger partial charge in [0.15, 0.2) is 0 Å². The average Bonchev–Trinajstić information content (AvgIpc) is 2.75. The van der Waals surface area contributed by atoms with Crippen LogP contribution in [-0.2, 0) is 10.0 Å². The van der Waals surface area contributed by atoms with Crippen LogP contribution in [0.25, 0.3) is 0 Å². The van der Waals surface area contributed by atoms with Crippen LogP contribution in [-0.4, -0.2) is 87.0 Å². The molecule has 4 rings (SSSR count). The molecule has 2 aliphatic rings. The minimum atomic E-state index is -3.59. The molecule has 3 heterocycles. The van der Waals surface area contributed by atoms with E-state index in [1.165, 1.54) is 10.4 Å². The highest BCUT2D eigenvalue weighted by Crippen LogP contribution is 2.26. The van der Waals surface area contributed by atoms with Gasteiger partial charge in [0.25, 0.3) is 0 Å². The number of benzene rings is 1. The number of piperazine rings is 2. The molecule has 0 spiro atoms. The van der Waals surface area contributed by atoms with Gasteiger partial charge in [-0.2, -0.15) is 9.29 Å². The van der Waals surface area contributed by atoms with Crippen LogP contribution < -0.4 is 9.80 Å². The van der Waals surface area contributed by atoms with Gasteiger partial charge in [0.2, 0.25) is 16.0 Å². The third-order valence-electron chi connectivity index (χ3n) is 5.95. The van der Waals surface area contributed by atoms with Crippen molar-refractivity contribution in [1.82, 2.24) is 19.2 Å². The Hall–Kier alpha value is -1.94. The smallest absolute Gasteiger partial charge is 0.243 e. The van der Waals surface area contributed by atoms with E-state index in [2.05, 4.69) is 26.7 Å². The molecule has 0 aliphatic carbocycles. The fourth-order valence-electron chi connectivity index (χ4n) is 3.99. The van der Waals surface area contributed by atoms with Gasteiger partial charge in [-0.3, -0.25) is 0 Å². The van der Waals surface area contributed by atoms with Crippen molar-refractivity contribution < 1.29 is 8.42 Å². The van der Waals surface area contributed by atoms with Crippen molar-refractivity contribution in [3.63, 3.8) is 0 Å². The maximum atomic E-state index is 13.2. The first kappa shape index (κ1) is 22.3. The third-order valence-corrected chi connectivity index (χ3v) is 8.22. The van der Waals surface area contributed by atoms with Gasteiger partial charge in [0.1, 0.15) is 5.82 Å². The topological polar surface area (TPSA) is 72.9 Å². The number of hydrogen-bond donors (Lipinski definition) is 0. The number of aromatic nitrogens is 2. The number of anilines is 2. The molecule has 168 valence electrons. The zero-order valence-electron chi connectivity index (χ0n) is 18.3. The van der Waals surface area contributed by atoms with Crippen LogP contribution in [0.4, 0.5) is 11.8 Å². The van der Waals surface area contributed by atoms with Crippen LogP contribution in [0.1, 0.15) is 11.3 Å². The van der Waals surface area contributed by atoms with Gasteiger partial charge in [0, 0.05) is 69.1 Å². The summed E-state index contributed by atoms with van der Waals surface area (Å²) in [5.41, 5.74) is 1.62.